The molecule has 1 amide bonds. The maximum Gasteiger partial charge on any atom is 0.251 e. The van der Waals surface area contributed by atoms with E-state index in [4.69, 9.17) is 11.0 Å². The third-order valence-electron chi connectivity index (χ3n) is 4.79. The van der Waals surface area contributed by atoms with Gasteiger partial charge in [-0.25, -0.2) is 4.39 Å². The molecule has 1 aromatic carbocycles. The van der Waals surface area contributed by atoms with E-state index in [9.17, 15) is 9.18 Å². The maximum atomic E-state index is 13.4. The van der Waals surface area contributed by atoms with Crippen LogP contribution in [0.5, 0.6) is 0 Å². The van der Waals surface area contributed by atoms with E-state index in [0.717, 1.165) is 44.6 Å². The van der Waals surface area contributed by atoms with Crippen LogP contribution in [0.15, 0.2) is 18.2 Å². The monoisotopic (exact) mass is 287 g/mol. The number of nitrogens with one attached hydrogen (secondary N) is 1. The van der Waals surface area contributed by atoms with E-state index in [1.54, 1.807) is 0 Å². The number of nitrogens with two attached hydrogens (primary N) is 1. The summed E-state index contributed by atoms with van der Waals surface area (Å²) in [5.41, 5.74) is 6.24. The van der Waals surface area contributed by atoms with Crippen molar-refractivity contribution in [1.29, 1.82) is 5.26 Å². The Labute approximate surface area is 123 Å². The lowest BCUT2D eigenvalue weighted by atomic mass is 9.79. The van der Waals surface area contributed by atoms with Crippen molar-refractivity contribution < 1.29 is 9.18 Å². The first-order valence-electron chi connectivity index (χ1n) is 7.26. The largest absolute Gasteiger partial charge is 0.347 e. The molecule has 2 fully saturated rings. The number of rotatable bonds is 2. The fraction of sp³-hybridized carbons (Fsp3) is 0.500. The Morgan fingerprint density at radius 2 is 2.10 bits per heavy atom. The molecule has 2 aliphatic carbocycles. The zero-order valence-electron chi connectivity index (χ0n) is 11.8. The van der Waals surface area contributed by atoms with E-state index >= 15 is 0 Å². The fourth-order valence-electron chi connectivity index (χ4n) is 3.81. The molecule has 2 aliphatic rings. The van der Waals surface area contributed by atoms with E-state index in [1.165, 1.54) is 12.1 Å². The number of benzene rings is 1. The molecule has 1 aromatic rings. The van der Waals surface area contributed by atoms with Gasteiger partial charge in [0.25, 0.3) is 5.91 Å². The molecule has 0 aromatic heterocycles. The Hall–Kier alpha value is -1.93. The Kier molecular flexibility index (Phi) is 3.22. The lowest BCUT2D eigenvalue weighted by Gasteiger charge is -2.38. The summed E-state index contributed by atoms with van der Waals surface area (Å²) in [5, 5.41) is 11.9. The second-order valence-corrected chi connectivity index (χ2v) is 6.47. The Morgan fingerprint density at radius 1 is 1.29 bits per heavy atom. The van der Waals surface area contributed by atoms with Crippen LogP contribution in [0.3, 0.4) is 0 Å². The molecule has 0 unspecified atom stereocenters. The van der Waals surface area contributed by atoms with Crippen LogP contribution in [0.2, 0.25) is 0 Å². The summed E-state index contributed by atoms with van der Waals surface area (Å²) in [5.74, 6) is -0.892. The Morgan fingerprint density at radius 3 is 2.86 bits per heavy atom. The molecular formula is C16H18FN3O. The first kappa shape index (κ1) is 14.0. The maximum absolute atomic E-state index is 13.4. The first-order valence-corrected chi connectivity index (χ1v) is 7.26. The van der Waals surface area contributed by atoms with Crippen LogP contribution < -0.4 is 11.1 Å². The molecular weight excluding hydrogens is 269 g/mol. The summed E-state index contributed by atoms with van der Waals surface area (Å²) < 4.78 is 13.4. The third-order valence-corrected chi connectivity index (χ3v) is 4.79. The highest BCUT2D eigenvalue weighted by Crippen LogP contribution is 2.46. The normalized spacial score (nSPS) is 30.7. The van der Waals surface area contributed by atoms with Crippen LogP contribution in [0.4, 0.5) is 4.39 Å². The number of nitriles is 1. The van der Waals surface area contributed by atoms with Gasteiger partial charge in [-0.1, -0.05) is 0 Å². The van der Waals surface area contributed by atoms with Crippen molar-refractivity contribution in [3.8, 4) is 6.07 Å². The van der Waals surface area contributed by atoms with Crippen LogP contribution in [0, 0.1) is 17.1 Å². The van der Waals surface area contributed by atoms with Crippen LogP contribution in [-0.4, -0.2) is 17.0 Å². The number of carbonyl (C=O) groups excluding carboxylic acids is 1. The minimum Gasteiger partial charge on any atom is -0.347 e. The van der Waals surface area contributed by atoms with E-state index in [1.807, 2.05) is 6.07 Å². The van der Waals surface area contributed by atoms with Crippen molar-refractivity contribution in [2.75, 3.05) is 0 Å². The third kappa shape index (κ3) is 2.64. The molecule has 0 radical (unpaired) electrons. The smallest absolute Gasteiger partial charge is 0.251 e. The standard InChI is InChI=1S/C16H18FN3O/c17-13-7-11(9-18)6-12(8-13)14(21)20-16-3-1-2-15(19,10-16)4-5-16/h6-8H,1-5,10,19H2,(H,20,21)/t15-,16+/m0/s1. The summed E-state index contributed by atoms with van der Waals surface area (Å²) in [6.07, 6.45) is 5.49. The van der Waals surface area contributed by atoms with Crippen molar-refractivity contribution in [3.63, 3.8) is 0 Å². The predicted molar refractivity (Wildman–Crippen MR) is 75.9 cm³/mol. The minimum atomic E-state index is -0.570. The quantitative estimate of drug-likeness (QED) is 0.875. The van der Waals surface area contributed by atoms with Gasteiger partial charge in [-0.15, -0.1) is 0 Å². The fourth-order valence-corrected chi connectivity index (χ4v) is 3.81. The van der Waals surface area contributed by atoms with Gasteiger partial charge in [0.1, 0.15) is 5.82 Å². The van der Waals surface area contributed by atoms with Gasteiger partial charge in [-0.3, -0.25) is 4.79 Å². The molecule has 2 bridgehead atoms. The number of hydrogen-bond donors (Lipinski definition) is 2. The number of fused-ring (bicyclic) bond motifs is 2. The number of carbonyl (C=O) groups is 1. The highest BCUT2D eigenvalue weighted by Gasteiger charge is 2.49. The molecule has 0 spiro atoms. The molecule has 21 heavy (non-hydrogen) atoms. The number of nitrogens with zero attached hydrogens (tertiary/aromatic N) is 1. The van der Waals surface area contributed by atoms with Gasteiger partial charge in [-0.05, 0) is 56.7 Å². The predicted octanol–water partition coefficient (Wildman–Crippen LogP) is 2.23. The van der Waals surface area contributed by atoms with Gasteiger partial charge < -0.3 is 11.1 Å². The molecule has 0 saturated heterocycles. The Bertz CT molecular complexity index is 639. The zero-order valence-corrected chi connectivity index (χ0v) is 11.8. The molecule has 2 atom stereocenters. The second kappa shape index (κ2) is 4.81. The Balaban J connectivity index is 1.81. The summed E-state index contributed by atoms with van der Waals surface area (Å²) in [6, 6.07) is 5.57. The molecule has 0 aliphatic heterocycles. The van der Waals surface area contributed by atoms with Crippen molar-refractivity contribution in [2.45, 2.75) is 49.6 Å². The summed E-state index contributed by atoms with van der Waals surface area (Å²) >= 11 is 0. The minimum absolute atomic E-state index is 0.154. The van der Waals surface area contributed by atoms with E-state index in [0.29, 0.717) is 0 Å². The molecule has 5 heteroatoms. The lowest BCUT2D eigenvalue weighted by molar-refractivity contribution is 0.0876. The van der Waals surface area contributed by atoms with Crippen molar-refractivity contribution in [2.24, 2.45) is 5.73 Å². The zero-order chi connectivity index (χ0) is 15.1. The van der Waals surface area contributed by atoms with Crippen LogP contribution in [-0.2, 0) is 0 Å². The second-order valence-electron chi connectivity index (χ2n) is 6.47. The van der Waals surface area contributed by atoms with Crippen molar-refractivity contribution >= 4 is 5.91 Å². The van der Waals surface area contributed by atoms with Crippen LogP contribution in [0.25, 0.3) is 0 Å². The highest BCUT2D eigenvalue weighted by molar-refractivity contribution is 5.95. The van der Waals surface area contributed by atoms with Gasteiger partial charge in [0.15, 0.2) is 0 Å². The van der Waals surface area contributed by atoms with Gasteiger partial charge in [0.2, 0.25) is 0 Å². The van der Waals surface area contributed by atoms with Crippen molar-refractivity contribution in [1.82, 2.24) is 5.32 Å². The van der Waals surface area contributed by atoms with Gasteiger partial charge in [-0.2, -0.15) is 5.26 Å². The first-order chi connectivity index (χ1) is 9.94. The van der Waals surface area contributed by atoms with Gasteiger partial charge in [0.05, 0.1) is 11.6 Å². The SMILES string of the molecule is N#Cc1cc(F)cc(C(=O)N[C@]23CCC[C@](N)(CC2)C3)c1. The summed E-state index contributed by atoms with van der Waals surface area (Å²) in [7, 11) is 0. The molecule has 110 valence electrons. The van der Waals surface area contributed by atoms with E-state index in [2.05, 4.69) is 5.32 Å². The highest BCUT2D eigenvalue weighted by atomic mass is 19.1. The number of amides is 1. The van der Waals surface area contributed by atoms with E-state index in [-0.39, 0.29) is 28.1 Å². The van der Waals surface area contributed by atoms with E-state index < -0.39 is 5.82 Å². The molecule has 2 saturated carbocycles. The molecule has 3 rings (SSSR count). The number of halogens is 1. The average molecular weight is 287 g/mol. The lowest BCUT2D eigenvalue weighted by Crippen LogP contribution is -2.52. The van der Waals surface area contributed by atoms with Crippen LogP contribution >= 0.6 is 0 Å². The number of hydrogen-bond acceptors (Lipinski definition) is 3. The average Bonchev–Trinajstić information content (AvgIpc) is 2.67. The molecule has 4 nitrogen and oxygen atoms in total. The topological polar surface area (TPSA) is 78.9 Å². The van der Waals surface area contributed by atoms with Gasteiger partial charge >= 0.3 is 0 Å². The molecule has 3 N–H and O–H groups in total. The van der Waals surface area contributed by atoms with Gasteiger partial charge in [0, 0.05) is 16.6 Å². The van der Waals surface area contributed by atoms with Crippen LogP contribution in [0.1, 0.15) is 54.4 Å². The molecule has 0 heterocycles. The summed E-state index contributed by atoms with van der Waals surface area (Å²) in [6.45, 7) is 0. The summed E-state index contributed by atoms with van der Waals surface area (Å²) in [4.78, 5) is 12.4. The van der Waals surface area contributed by atoms with Crippen molar-refractivity contribution in [3.05, 3.63) is 35.1 Å².